The molecular weight excluding hydrogens is 389 g/mol. The van der Waals surface area contributed by atoms with E-state index in [9.17, 15) is 54.7 Å². The van der Waals surface area contributed by atoms with Gasteiger partial charge in [-0.2, -0.15) is 35.1 Å². The molecule has 2 rings (SSSR count). The first-order chi connectivity index (χ1) is 11.6. The summed E-state index contributed by atoms with van der Waals surface area (Å²) in [5, 5.41) is 20.4. The molecule has 1 aromatic carbocycles. The SMILES string of the molecule is O=[N+]([O-])c1ccccc1C(O)CC1(F)C(F)(F)C(F)(F)C(F)(F)C1(F)F. The van der Waals surface area contributed by atoms with Gasteiger partial charge in [0.05, 0.1) is 16.6 Å². The van der Waals surface area contributed by atoms with Gasteiger partial charge in [-0.3, -0.25) is 10.1 Å². The van der Waals surface area contributed by atoms with Crippen LogP contribution in [-0.4, -0.2) is 39.4 Å². The molecule has 1 N–H and O–H groups in total. The number of hydrogen-bond donors (Lipinski definition) is 1. The fourth-order valence-corrected chi connectivity index (χ4v) is 2.66. The first-order valence-corrected chi connectivity index (χ1v) is 6.68. The Morgan fingerprint density at radius 3 is 1.73 bits per heavy atom. The molecule has 146 valence electrons. The summed E-state index contributed by atoms with van der Waals surface area (Å²) in [7, 11) is 0. The van der Waals surface area contributed by atoms with Gasteiger partial charge in [0.1, 0.15) is 0 Å². The zero-order valence-corrected chi connectivity index (χ0v) is 12.2. The van der Waals surface area contributed by atoms with Crippen molar-refractivity contribution in [2.24, 2.45) is 0 Å². The molecule has 26 heavy (non-hydrogen) atoms. The number of nitro groups is 1. The number of benzene rings is 1. The van der Waals surface area contributed by atoms with Crippen molar-refractivity contribution < 1.29 is 49.5 Å². The summed E-state index contributed by atoms with van der Waals surface area (Å²) in [6, 6.07) is 3.30. The highest BCUT2D eigenvalue weighted by atomic mass is 19.4. The third-order valence-electron chi connectivity index (χ3n) is 4.15. The lowest BCUT2D eigenvalue weighted by Crippen LogP contribution is -2.55. The minimum Gasteiger partial charge on any atom is -0.388 e. The van der Waals surface area contributed by atoms with Gasteiger partial charge in [-0.25, -0.2) is 4.39 Å². The van der Waals surface area contributed by atoms with Gasteiger partial charge in [0, 0.05) is 12.5 Å². The molecule has 1 saturated carbocycles. The summed E-state index contributed by atoms with van der Waals surface area (Å²) >= 11 is 0. The number of aliphatic hydroxyl groups excluding tert-OH is 1. The van der Waals surface area contributed by atoms with Gasteiger partial charge in [-0.1, -0.05) is 12.1 Å². The number of rotatable bonds is 4. The van der Waals surface area contributed by atoms with Crippen LogP contribution in [-0.2, 0) is 0 Å². The van der Waals surface area contributed by atoms with E-state index in [1.54, 1.807) is 0 Å². The van der Waals surface area contributed by atoms with Crippen LogP contribution in [0.2, 0.25) is 0 Å². The van der Waals surface area contributed by atoms with Crippen LogP contribution in [0.15, 0.2) is 24.3 Å². The van der Waals surface area contributed by atoms with E-state index in [-0.39, 0.29) is 0 Å². The van der Waals surface area contributed by atoms with Gasteiger partial charge < -0.3 is 5.11 Å². The fraction of sp³-hybridized carbons (Fsp3) is 0.538. The van der Waals surface area contributed by atoms with Crippen LogP contribution in [0.1, 0.15) is 18.1 Å². The highest BCUT2D eigenvalue weighted by Crippen LogP contribution is 2.70. The molecule has 0 bridgehead atoms. The minimum absolute atomic E-state index is 0.647. The molecule has 0 aromatic heterocycles. The molecule has 0 saturated heterocycles. The lowest BCUT2D eigenvalue weighted by Gasteiger charge is -2.32. The number of halogens is 9. The lowest BCUT2D eigenvalue weighted by atomic mass is 9.87. The fourth-order valence-electron chi connectivity index (χ4n) is 2.66. The van der Waals surface area contributed by atoms with Crippen LogP contribution in [0.25, 0.3) is 0 Å². The molecular formula is C13H8F9NO3. The Labute approximate surface area is 138 Å². The van der Waals surface area contributed by atoms with E-state index in [2.05, 4.69) is 0 Å². The molecule has 1 atom stereocenters. The molecule has 1 aliphatic carbocycles. The van der Waals surface area contributed by atoms with Gasteiger partial charge in [0.25, 0.3) is 11.4 Å². The number of hydrogen-bond acceptors (Lipinski definition) is 3. The van der Waals surface area contributed by atoms with E-state index < -0.39 is 58.1 Å². The molecule has 0 amide bonds. The number of para-hydroxylation sites is 1. The van der Waals surface area contributed by atoms with Gasteiger partial charge in [-0.15, -0.1) is 0 Å². The van der Waals surface area contributed by atoms with Crippen molar-refractivity contribution in [1.29, 1.82) is 0 Å². The Bertz CT molecular complexity index is 711. The molecule has 1 aliphatic rings. The first kappa shape index (κ1) is 20.3. The van der Waals surface area contributed by atoms with Crippen LogP contribution in [0, 0.1) is 10.1 Å². The number of nitro benzene ring substituents is 1. The van der Waals surface area contributed by atoms with E-state index in [1.807, 2.05) is 0 Å². The van der Waals surface area contributed by atoms with Gasteiger partial charge >= 0.3 is 23.7 Å². The average molecular weight is 397 g/mol. The van der Waals surface area contributed by atoms with Crippen LogP contribution in [0.3, 0.4) is 0 Å². The zero-order chi connectivity index (χ0) is 20.3. The summed E-state index contributed by atoms with van der Waals surface area (Å²) < 4.78 is 121. The average Bonchev–Trinajstić information content (AvgIpc) is 2.57. The highest BCUT2D eigenvalue weighted by Gasteiger charge is 3.00. The van der Waals surface area contributed by atoms with Crippen molar-refractivity contribution in [2.75, 3.05) is 0 Å². The Morgan fingerprint density at radius 2 is 1.31 bits per heavy atom. The molecule has 4 nitrogen and oxygen atoms in total. The normalized spacial score (nSPS) is 25.6. The predicted molar refractivity (Wildman–Crippen MR) is 66.3 cm³/mol. The van der Waals surface area contributed by atoms with E-state index in [0.29, 0.717) is 12.1 Å². The van der Waals surface area contributed by atoms with Crippen molar-refractivity contribution in [2.45, 2.75) is 41.9 Å². The summed E-state index contributed by atoms with van der Waals surface area (Å²) in [5.74, 6) is -26.7. The maximum absolute atomic E-state index is 14.3. The zero-order valence-electron chi connectivity index (χ0n) is 12.2. The Hall–Kier alpha value is -2.05. The van der Waals surface area contributed by atoms with Gasteiger partial charge in [0.15, 0.2) is 0 Å². The molecule has 0 aliphatic heterocycles. The molecule has 1 fully saturated rings. The van der Waals surface area contributed by atoms with Crippen LogP contribution >= 0.6 is 0 Å². The van der Waals surface area contributed by atoms with Crippen molar-refractivity contribution in [1.82, 2.24) is 0 Å². The van der Waals surface area contributed by atoms with Gasteiger partial charge in [0.2, 0.25) is 0 Å². The molecule has 0 heterocycles. The predicted octanol–water partition coefficient (Wildman–Crippen LogP) is 4.28. The molecule has 13 heteroatoms. The standard InChI is InChI=1S/C13H8F9NO3/c14-9(5-8(24)6-3-1-2-4-7(6)23(25)26)10(15,16)12(19,20)13(21,22)11(9,17)18/h1-4,8,24H,5H2. The molecule has 0 spiro atoms. The number of alkyl halides is 9. The van der Waals surface area contributed by atoms with Crippen molar-refractivity contribution in [3.63, 3.8) is 0 Å². The van der Waals surface area contributed by atoms with Crippen LogP contribution in [0.5, 0.6) is 0 Å². The number of aliphatic hydroxyl groups is 1. The highest BCUT2D eigenvalue weighted by molar-refractivity contribution is 5.42. The Morgan fingerprint density at radius 1 is 0.885 bits per heavy atom. The quantitative estimate of drug-likeness (QED) is 0.469. The summed E-state index contributed by atoms with van der Waals surface area (Å²) in [6.45, 7) is 0. The van der Waals surface area contributed by atoms with E-state index in [0.717, 1.165) is 12.1 Å². The largest absolute Gasteiger partial charge is 0.388 e. The topological polar surface area (TPSA) is 63.4 Å². The monoisotopic (exact) mass is 397 g/mol. The lowest BCUT2D eigenvalue weighted by molar-refractivity contribution is -0.386. The van der Waals surface area contributed by atoms with Gasteiger partial charge in [-0.05, 0) is 6.07 Å². The summed E-state index contributed by atoms with van der Waals surface area (Å²) in [5.41, 5.74) is -7.90. The second-order valence-corrected chi connectivity index (χ2v) is 5.63. The number of nitrogens with zero attached hydrogens (tertiary/aromatic N) is 1. The molecule has 1 unspecified atom stereocenters. The Kier molecular flexibility index (Phi) is 4.27. The smallest absolute Gasteiger partial charge is 0.381 e. The van der Waals surface area contributed by atoms with E-state index >= 15 is 0 Å². The third-order valence-corrected chi connectivity index (χ3v) is 4.15. The van der Waals surface area contributed by atoms with E-state index in [4.69, 9.17) is 0 Å². The first-order valence-electron chi connectivity index (χ1n) is 6.68. The van der Waals surface area contributed by atoms with Crippen molar-refractivity contribution in [3.8, 4) is 0 Å². The van der Waals surface area contributed by atoms with Crippen LogP contribution < -0.4 is 0 Å². The third kappa shape index (κ3) is 2.15. The maximum atomic E-state index is 14.3. The summed E-state index contributed by atoms with van der Waals surface area (Å²) in [6.07, 6.45) is -5.51. The van der Waals surface area contributed by atoms with E-state index in [1.165, 1.54) is 0 Å². The second kappa shape index (κ2) is 5.47. The van der Waals surface area contributed by atoms with Crippen molar-refractivity contribution in [3.05, 3.63) is 39.9 Å². The maximum Gasteiger partial charge on any atom is 0.381 e. The van der Waals surface area contributed by atoms with Crippen LogP contribution in [0.4, 0.5) is 45.2 Å². The molecule has 1 aromatic rings. The Balaban J connectivity index is 2.56. The summed E-state index contributed by atoms with van der Waals surface area (Å²) in [4.78, 5) is 9.57. The van der Waals surface area contributed by atoms with Crippen molar-refractivity contribution >= 4 is 5.69 Å². The molecule has 0 radical (unpaired) electrons. The minimum atomic E-state index is -6.76. The second-order valence-electron chi connectivity index (χ2n) is 5.63.